The van der Waals surface area contributed by atoms with Crippen LogP contribution >= 0.6 is 11.6 Å². The first-order valence-corrected chi connectivity index (χ1v) is 11.3. The third-order valence-corrected chi connectivity index (χ3v) is 5.84. The summed E-state index contributed by atoms with van der Waals surface area (Å²) >= 11 is 5.98. The van der Waals surface area contributed by atoms with Gasteiger partial charge in [0.15, 0.2) is 0 Å². The third kappa shape index (κ3) is 6.12. The van der Waals surface area contributed by atoms with Crippen LogP contribution in [0.3, 0.4) is 0 Å². The summed E-state index contributed by atoms with van der Waals surface area (Å²) in [5.41, 5.74) is 5.64. The fraction of sp³-hybridized carbons (Fsp3) is 0.296. The molecule has 4 rings (SSSR count). The predicted octanol–water partition coefficient (Wildman–Crippen LogP) is 5.22. The lowest BCUT2D eigenvalue weighted by molar-refractivity contribution is -0.131. The van der Waals surface area contributed by atoms with Crippen LogP contribution in [0.4, 0.5) is 0 Å². The quantitative estimate of drug-likeness (QED) is 0.538. The van der Waals surface area contributed by atoms with Crippen molar-refractivity contribution in [3.8, 4) is 5.75 Å². The number of amides is 1. The fourth-order valence-corrected chi connectivity index (χ4v) is 4.06. The molecule has 0 spiro atoms. The third-order valence-electron chi connectivity index (χ3n) is 5.59. The summed E-state index contributed by atoms with van der Waals surface area (Å²) in [6, 6.07) is 22.2. The Labute approximate surface area is 194 Å². The summed E-state index contributed by atoms with van der Waals surface area (Å²) < 4.78 is 11.8. The van der Waals surface area contributed by atoms with E-state index in [-0.39, 0.29) is 5.91 Å². The van der Waals surface area contributed by atoms with Crippen LogP contribution in [-0.4, -0.2) is 37.2 Å². The number of carbonyl (C=O) groups is 1. The second kappa shape index (κ2) is 10.7. The highest BCUT2D eigenvalue weighted by molar-refractivity contribution is 6.30. The van der Waals surface area contributed by atoms with Crippen molar-refractivity contribution in [1.29, 1.82) is 0 Å². The molecule has 0 unspecified atom stereocenters. The monoisotopic (exact) mass is 449 g/mol. The van der Waals surface area contributed by atoms with E-state index in [0.717, 1.165) is 28.9 Å². The number of rotatable bonds is 2. The Morgan fingerprint density at radius 3 is 2.62 bits per heavy atom. The van der Waals surface area contributed by atoms with Crippen molar-refractivity contribution in [3.05, 3.63) is 99.6 Å². The number of carbonyl (C=O) groups excluding carboxylic acids is 1. The van der Waals surface area contributed by atoms with Gasteiger partial charge in [0.05, 0.1) is 19.6 Å². The van der Waals surface area contributed by atoms with Gasteiger partial charge in [0.1, 0.15) is 12.4 Å². The van der Waals surface area contributed by atoms with Crippen molar-refractivity contribution in [2.45, 2.75) is 26.3 Å². The molecule has 32 heavy (non-hydrogen) atoms. The molecule has 166 valence electrons. The van der Waals surface area contributed by atoms with Gasteiger partial charge in [-0.25, -0.2) is 0 Å². The molecule has 1 amide bonds. The van der Waals surface area contributed by atoms with Crippen LogP contribution < -0.4 is 4.74 Å². The summed E-state index contributed by atoms with van der Waals surface area (Å²) in [6.07, 6.45) is 1.12. The molecule has 3 aromatic rings. The fourth-order valence-electron chi connectivity index (χ4n) is 3.93. The first kappa shape index (κ1) is 22.4. The minimum Gasteiger partial charge on any atom is -0.491 e. The van der Waals surface area contributed by atoms with E-state index in [1.54, 1.807) is 0 Å². The van der Waals surface area contributed by atoms with Crippen LogP contribution in [-0.2, 0) is 28.9 Å². The highest BCUT2D eigenvalue weighted by Gasteiger charge is 2.16. The van der Waals surface area contributed by atoms with Crippen molar-refractivity contribution in [3.63, 3.8) is 0 Å². The van der Waals surface area contributed by atoms with Gasteiger partial charge in [0.25, 0.3) is 0 Å². The summed E-state index contributed by atoms with van der Waals surface area (Å²) in [5, 5.41) is 0.670. The Balaban J connectivity index is 1.56. The number of fused-ring (bicyclic) bond motifs is 3. The molecule has 1 aliphatic rings. The maximum Gasteiger partial charge on any atom is 0.227 e. The number of aryl methyl sites for hydroxylation is 1. The minimum atomic E-state index is 0.0747. The molecule has 0 aromatic heterocycles. The molecule has 0 atom stereocenters. The number of hydrogen-bond donors (Lipinski definition) is 0. The first-order valence-electron chi connectivity index (χ1n) is 11.0. The summed E-state index contributed by atoms with van der Waals surface area (Å²) in [5.74, 6) is 0.979. The number of nitrogens with zero attached hydrogens (tertiary/aromatic N) is 1. The summed E-state index contributed by atoms with van der Waals surface area (Å²) in [7, 11) is 0. The second-order valence-corrected chi connectivity index (χ2v) is 8.62. The van der Waals surface area contributed by atoms with Gasteiger partial charge in [-0.2, -0.15) is 0 Å². The van der Waals surface area contributed by atoms with E-state index >= 15 is 0 Å². The molecule has 0 saturated heterocycles. The normalized spacial score (nSPS) is 14.8. The van der Waals surface area contributed by atoms with Crippen LogP contribution in [0.2, 0.25) is 5.02 Å². The smallest absolute Gasteiger partial charge is 0.227 e. The van der Waals surface area contributed by atoms with Crippen molar-refractivity contribution in [2.75, 3.05) is 26.4 Å². The molecule has 0 radical (unpaired) electrons. The number of ether oxygens (including phenoxy) is 2. The lowest BCUT2D eigenvalue weighted by atomic mass is 10.00. The Hall–Kier alpha value is -2.82. The number of hydrogen-bond acceptors (Lipinski definition) is 3. The second-order valence-electron chi connectivity index (χ2n) is 8.19. The Morgan fingerprint density at radius 2 is 1.78 bits per heavy atom. The molecule has 4 nitrogen and oxygen atoms in total. The Bertz CT molecular complexity index is 1060. The van der Waals surface area contributed by atoms with Crippen molar-refractivity contribution < 1.29 is 14.3 Å². The van der Waals surface area contributed by atoms with E-state index in [0.29, 0.717) is 44.4 Å². The van der Waals surface area contributed by atoms with E-state index in [4.69, 9.17) is 21.1 Å². The lowest BCUT2D eigenvalue weighted by Gasteiger charge is -2.24. The molecule has 0 fully saturated rings. The highest BCUT2D eigenvalue weighted by Crippen LogP contribution is 2.24. The molecule has 3 aromatic carbocycles. The molecular formula is C27H28ClNO3. The highest BCUT2D eigenvalue weighted by atomic mass is 35.5. The van der Waals surface area contributed by atoms with E-state index < -0.39 is 0 Å². The standard InChI is InChI=1S/C27H28ClNO3/c1-20-5-10-26-24(15-20)17-22-3-2-4-23(16-22)19-29(11-12-31-13-14-32-26)27(30)18-21-6-8-25(28)9-7-21/h2-10,15-16H,11-14,17-19H2,1H3. The first-order chi connectivity index (χ1) is 15.6. The van der Waals surface area contributed by atoms with E-state index in [9.17, 15) is 4.79 Å². The maximum atomic E-state index is 13.1. The van der Waals surface area contributed by atoms with Gasteiger partial charge in [0, 0.05) is 24.5 Å². The van der Waals surface area contributed by atoms with Gasteiger partial charge in [-0.1, -0.05) is 65.7 Å². The largest absolute Gasteiger partial charge is 0.491 e. The molecule has 5 heteroatoms. The zero-order valence-electron chi connectivity index (χ0n) is 18.4. The van der Waals surface area contributed by atoms with E-state index in [1.165, 1.54) is 11.1 Å². The summed E-state index contributed by atoms with van der Waals surface area (Å²) in [4.78, 5) is 15.0. The zero-order chi connectivity index (χ0) is 22.3. The molecule has 0 N–H and O–H groups in total. The number of halogens is 1. The van der Waals surface area contributed by atoms with Crippen LogP contribution in [0.5, 0.6) is 5.75 Å². The van der Waals surface area contributed by atoms with Gasteiger partial charge in [-0.3, -0.25) is 4.79 Å². The Morgan fingerprint density at radius 1 is 0.969 bits per heavy atom. The van der Waals surface area contributed by atoms with Crippen LogP contribution in [0.1, 0.15) is 27.8 Å². The van der Waals surface area contributed by atoms with E-state index in [2.05, 4.69) is 43.3 Å². The molecule has 1 aliphatic heterocycles. The molecular weight excluding hydrogens is 422 g/mol. The molecule has 2 bridgehead atoms. The Kier molecular flexibility index (Phi) is 7.46. The van der Waals surface area contributed by atoms with Crippen LogP contribution in [0.25, 0.3) is 0 Å². The van der Waals surface area contributed by atoms with Crippen molar-refractivity contribution in [1.82, 2.24) is 4.90 Å². The average Bonchev–Trinajstić information content (AvgIpc) is 2.78. The molecule has 1 heterocycles. The van der Waals surface area contributed by atoms with Crippen molar-refractivity contribution >= 4 is 17.5 Å². The number of benzene rings is 3. The van der Waals surface area contributed by atoms with Gasteiger partial charge in [-0.05, 0) is 47.4 Å². The van der Waals surface area contributed by atoms with Crippen molar-refractivity contribution in [2.24, 2.45) is 0 Å². The SMILES string of the molecule is Cc1ccc2c(c1)Cc1cccc(c1)CN(C(=O)Cc1ccc(Cl)cc1)CCOCCO2. The molecule has 0 saturated carbocycles. The predicted molar refractivity (Wildman–Crippen MR) is 127 cm³/mol. The minimum absolute atomic E-state index is 0.0747. The van der Waals surface area contributed by atoms with Gasteiger partial charge >= 0.3 is 0 Å². The summed E-state index contributed by atoms with van der Waals surface area (Å²) in [6.45, 7) is 4.62. The zero-order valence-corrected chi connectivity index (χ0v) is 19.1. The van der Waals surface area contributed by atoms with Gasteiger partial charge < -0.3 is 14.4 Å². The van der Waals surface area contributed by atoms with Gasteiger partial charge in [-0.15, -0.1) is 0 Å². The maximum absolute atomic E-state index is 13.1. The lowest BCUT2D eigenvalue weighted by Crippen LogP contribution is -2.35. The van der Waals surface area contributed by atoms with Gasteiger partial charge in [0.2, 0.25) is 5.91 Å². The average molecular weight is 450 g/mol. The van der Waals surface area contributed by atoms with E-state index in [1.807, 2.05) is 35.2 Å². The topological polar surface area (TPSA) is 38.8 Å². The van der Waals surface area contributed by atoms with Crippen LogP contribution in [0.15, 0.2) is 66.7 Å². The van der Waals surface area contributed by atoms with Crippen LogP contribution in [0, 0.1) is 6.92 Å². The molecule has 0 aliphatic carbocycles.